The number of carbonyl (C=O) groups excluding carboxylic acids is 1. The Morgan fingerprint density at radius 2 is 2.00 bits per heavy atom. The molecule has 1 amide bonds. The number of amidine groups is 1. The largest absolute Gasteiger partial charge is 0.471 e. The molecule has 39 heavy (non-hydrogen) atoms. The van der Waals surface area contributed by atoms with E-state index in [0.717, 1.165) is 22.6 Å². The summed E-state index contributed by atoms with van der Waals surface area (Å²) < 4.78 is 99.9. The number of carbonyl (C=O) groups is 1. The molecule has 0 spiro atoms. The van der Waals surface area contributed by atoms with E-state index in [2.05, 4.69) is 30.0 Å². The van der Waals surface area contributed by atoms with Gasteiger partial charge in [0.25, 0.3) is 5.91 Å². The summed E-state index contributed by atoms with van der Waals surface area (Å²) in [7, 11) is 0. The third kappa shape index (κ3) is 7.62. The van der Waals surface area contributed by atoms with E-state index < -0.39 is 56.2 Å². The normalized spacial score (nSPS) is 22.4. The average molecular weight is 582 g/mol. The summed E-state index contributed by atoms with van der Waals surface area (Å²) in [5, 5.41) is 5.64. The molecule has 2 aliphatic rings. The van der Waals surface area contributed by atoms with E-state index >= 15 is 0 Å². The number of aryl methyl sites for hydroxylation is 1. The molecule has 1 saturated heterocycles. The summed E-state index contributed by atoms with van der Waals surface area (Å²) >= 11 is 0.916. The summed E-state index contributed by atoms with van der Waals surface area (Å²) in [6, 6.07) is 0.905. The molecule has 2 N–H and O–H groups in total. The van der Waals surface area contributed by atoms with Crippen molar-refractivity contribution in [2.45, 2.75) is 44.0 Å². The molecule has 0 aliphatic carbocycles. The van der Waals surface area contributed by atoms with Gasteiger partial charge in [-0.25, -0.2) is 9.37 Å². The zero-order chi connectivity index (χ0) is 28.4. The van der Waals surface area contributed by atoms with Crippen LogP contribution in [-0.2, 0) is 0 Å². The maximum Gasteiger partial charge on any atom is 0.412 e. The van der Waals surface area contributed by atoms with Gasteiger partial charge in [-0.3, -0.25) is 19.7 Å². The Labute approximate surface area is 221 Å². The highest BCUT2D eigenvalue weighted by Crippen LogP contribution is 2.28. The van der Waals surface area contributed by atoms with Crippen LogP contribution in [0.3, 0.4) is 0 Å². The molecule has 17 heteroatoms. The molecule has 2 aliphatic heterocycles. The molecule has 2 aromatic heterocycles. The fraction of sp³-hybridized carbons (Fsp3) is 0.500. The monoisotopic (exact) mass is 581 g/mol. The smallest absolute Gasteiger partial charge is 0.412 e. The number of aliphatic imine (C=N–C) groups is 2. The molecule has 0 saturated carbocycles. The predicted molar refractivity (Wildman–Crippen MR) is 130 cm³/mol. The molecule has 1 fully saturated rings. The van der Waals surface area contributed by atoms with Crippen LogP contribution >= 0.6 is 11.5 Å². The van der Waals surface area contributed by atoms with Crippen molar-refractivity contribution in [3.8, 4) is 5.88 Å². The van der Waals surface area contributed by atoms with Crippen LogP contribution < -0.4 is 15.4 Å². The van der Waals surface area contributed by atoms with Gasteiger partial charge in [-0.15, -0.1) is 0 Å². The number of nitrogens with zero attached hydrogens (tertiary/aromatic N) is 5. The maximum atomic E-state index is 14.4. The van der Waals surface area contributed by atoms with Crippen molar-refractivity contribution < 1.29 is 40.3 Å². The second-order valence-corrected chi connectivity index (χ2v) is 9.58. The highest BCUT2D eigenvalue weighted by molar-refractivity contribution is 7.11. The second-order valence-electron chi connectivity index (χ2n) is 8.81. The molecule has 212 valence electrons. The number of alkyl halides is 7. The van der Waals surface area contributed by atoms with Crippen LogP contribution in [0.5, 0.6) is 5.88 Å². The van der Waals surface area contributed by atoms with Crippen LogP contribution in [0, 0.1) is 6.92 Å². The van der Waals surface area contributed by atoms with Gasteiger partial charge in [0.05, 0.1) is 42.4 Å². The lowest BCUT2D eigenvalue weighted by Crippen LogP contribution is -2.49. The van der Waals surface area contributed by atoms with Gasteiger partial charge in [-0.1, -0.05) is 0 Å². The van der Waals surface area contributed by atoms with Gasteiger partial charge in [-0.05, 0) is 24.5 Å². The molecule has 0 aromatic carbocycles. The van der Waals surface area contributed by atoms with Crippen LogP contribution in [0.25, 0.3) is 0 Å². The first-order valence-electron chi connectivity index (χ1n) is 11.5. The third-order valence-corrected chi connectivity index (χ3v) is 6.61. The number of piperidine rings is 1. The van der Waals surface area contributed by atoms with Crippen LogP contribution in [0.15, 0.2) is 28.3 Å². The van der Waals surface area contributed by atoms with Crippen molar-refractivity contribution in [1.82, 2.24) is 14.3 Å². The lowest BCUT2D eigenvalue weighted by atomic mass is 10.1. The summed E-state index contributed by atoms with van der Waals surface area (Å²) in [5.74, 6) is -0.499. The highest BCUT2D eigenvalue weighted by atomic mass is 32.1. The Morgan fingerprint density at radius 3 is 2.59 bits per heavy atom. The molecule has 9 nitrogen and oxygen atoms in total. The first-order valence-corrected chi connectivity index (χ1v) is 12.3. The van der Waals surface area contributed by atoms with Crippen molar-refractivity contribution >= 4 is 40.2 Å². The van der Waals surface area contributed by atoms with Gasteiger partial charge in [0.2, 0.25) is 5.88 Å². The fourth-order valence-electron chi connectivity index (χ4n) is 3.88. The Hall–Kier alpha value is -3.34. The highest BCUT2D eigenvalue weighted by Gasteiger charge is 2.40. The third-order valence-electron chi connectivity index (χ3n) is 5.76. The molecular formula is C22H22F7N7O2S. The topological polar surface area (TPSA) is 104 Å². The fourth-order valence-corrected chi connectivity index (χ4v) is 4.68. The molecule has 0 radical (unpaired) electrons. The summed E-state index contributed by atoms with van der Waals surface area (Å²) in [6.45, 7) is -0.592. The molecular weight excluding hydrogens is 559 g/mol. The number of hydrogen-bond donors (Lipinski definition) is 2. The predicted octanol–water partition coefficient (Wildman–Crippen LogP) is 4.28. The van der Waals surface area contributed by atoms with E-state index in [-0.39, 0.29) is 40.9 Å². The van der Waals surface area contributed by atoms with Gasteiger partial charge < -0.3 is 15.4 Å². The van der Waals surface area contributed by atoms with Gasteiger partial charge in [-0.2, -0.15) is 30.7 Å². The number of aromatic nitrogens is 2. The minimum Gasteiger partial charge on any atom is -0.471 e. The minimum atomic E-state index is -4.51. The van der Waals surface area contributed by atoms with Gasteiger partial charge >= 0.3 is 12.4 Å². The number of ether oxygens (including phenoxy) is 1. The van der Waals surface area contributed by atoms with Crippen LogP contribution in [-0.4, -0.2) is 89.1 Å². The van der Waals surface area contributed by atoms with E-state index in [9.17, 15) is 35.5 Å². The van der Waals surface area contributed by atoms with Crippen LogP contribution in [0.2, 0.25) is 0 Å². The first-order chi connectivity index (χ1) is 18.3. The number of likely N-dealkylation sites (tertiary alicyclic amines) is 1. The quantitative estimate of drug-likeness (QED) is 0.494. The summed E-state index contributed by atoms with van der Waals surface area (Å²) in [6.07, 6.45) is -9.27. The summed E-state index contributed by atoms with van der Waals surface area (Å²) in [5.41, 5.74) is 0.755. The Bertz CT molecular complexity index is 1230. The molecule has 3 unspecified atom stereocenters. The van der Waals surface area contributed by atoms with E-state index in [4.69, 9.17) is 4.74 Å². The number of pyridine rings is 1. The van der Waals surface area contributed by atoms with Crippen LogP contribution in [0.1, 0.15) is 22.5 Å². The SMILES string of the molecule is Cc1nsc(NC2=NCC(C(F)(F)F)N=C2)c1C(=O)Nc1ccc(OC2CCN(CC(F)(F)F)CC2F)nc1. The Morgan fingerprint density at radius 1 is 1.23 bits per heavy atom. The van der Waals surface area contributed by atoms with Gasteiger partial charge in [0.1, 0.15) is 23.1 Å². The van der Waals surface area contributed by atoms with Crippen molar-refractivity contribution in [1.29, 1.82) is 0 Å². The number of rotatable bonds is 6. The minimum absolute atomic E-state index is 0.0182. The Kier molecular flexibility index (Phi) is 8.39. The average Bonchev–Trinajstić information content (AvgIpc) is 3.20. The molecule has 3 atom stereocenters. The molecule has 0 bridgehead atoms. The maximum absolute atomic E-state index is 14.4. The van der Waals surface area contributed by atoms with Crippen molar-refractivity contribution in [3.05, 3.63) is 29.6 Å². The zero-order valence-corrected chi connectivity index (χ0v) is 21.0. The van der Waals surface area contributed by atoms with Crippen molar-refractivity contribution in [3.63, 3.8) is 0 Å². The Balaban J connectivity index is 1.33. The number of halogens is 7. The number of amides is 1. The lowest BCUT2D eigenvalue weighted by molar-refractivity contribution is -0.153. The van der Waals surface area contributed by atoms with E-state index in [1.54, 1.807) is 6.92 Å². The van der Waals surface area contributed by atoms with Crippen molar-refractivity contribution in [2.75, 3.05) is 36.8 Å². The molecule has 4 rings (SSSR count). The number of anilines is 2. The first kappa shape index (κ1) is 28.7. The van der Waals surface area contributed by atoms with Gasteiger partial charge in [0.15, 0.2) is 6.04 Å². The zero-order valence-electron chi connectivity index (χ0n) is 20.2. The number of hydrogen-bond acceptors (Lipinski definition) is 9. The van der Waals surface area contributed by atoms with E-state index in [1.165, 1.54) is 18.3 Å². The van der Waals surface area contributed by atoms with E-state index in [1.807, 2.05) is 0 Å². The molecule has 4 heterocycles. The second kappa shape index (κ2) is 11.4. The standard InChI is InChI=1S/C22H22F7N7O2S/c1-11-18(20(39-35-11)34-16-8-30-15(7-31-16)22(27,28)29)19(37)33-12-2-3-17(32-6-12)38-14-4-5-36(9-13(14)23)10-21(24,25)26/h2-3,6,8,13-15H,4-5,7,9-10H2,1H3,(H,31,34)(H,33,37). The number of nitrogens with one attached hydrogen (secondary N) is 2. The van der Waals surface area contributed by atoms with Gasteiger partial charge in [0, 0.05) is 25.6 Å². The van der Waals surface area contributed by atoms with Crippen LogP contribution in [0.4, 0.5) is 41.4 Å². The van der Waals surface area contributed by atoms with Crippen molar-refractivity contribution in [2.24, 2.45) is 9.98 Å². The van der Waals surface area contributed by atoms with E-state index in [0.29, 0.717) is 5.69 Å². The summed E-state index contributed by atoms with van der Waals surface area (Å²) in [4.78, 5) is 25.2. The molecule has 2 aromatic rings. The lowest BCUT2D eigenvalue weighted by Gasteiger charge is -2.34.